The second kappa shape index (κ2) is 10.3. The number of fused-ring (bicyclic) bond motifs is 1. The first-order valence-corrected chi connectivity index (χ1v) is 15.1. The summed E-state index contributed by atoms with van der Waals surface area (Å²) in [7, 11) is -3.10. The highest BCUT2D eigenvalue weighted by Crippen LogP contribution is 2.41. The number of rotatable bonds is 7. The van der Waals surface area contributed by atoms with Crippen LogP contribution in [0.15, 0.2) is 35.1 Å². The Labute approximate surface area is 216 Å². The number of aromatic nitrogens is 2. The molecule has 1 saturated carbocycles. The highest BCUT2D eigenvalue weighted by Gasteiger charge is 2.42. The third-order valence-corrected chi connectivity index (χ3v) is 9.51. The summed E-state index contributed by atoms with van der Waals surface area (Å²) in [6, 6.07) is 6.32. The van der Waals surface area contributed by atoms with Gasteiger partial charge in [-0.05, 0) is 70.3 Å². The number of halogens is 1. The van der Waals surface area contributed by atoms with Gasteiger partial charge in [0.05, 0.1) is 16.8 Å². The van der Waals surface area contributed by atoms with Crippen LogP contribution in [0.1, 0.15) is 30.9 Å². The fraction of sp³-hybridized carbons (Fsp3) is 0.600. The molecule has 2 saturated heterocycles. The van der Waals surface area contributed by atoms with Gasteiger partial charge in [-0.2, -0.15) is 4.31 Å². The first kappa shape index (κ1) is 24.9. The molecule has 8 nitrogen and oxygen atoms in total. The summed E-state index contributed by atoms with van der Waals surface area (Å²) in [4.78, 5) is 13.8. The zero-order chi connectivity index (χ0) is 24.6. The van der Waals surface area contributed by atoms with Crippen LogP contribution in [-0.4, -0.2) is 79.2 Å². The van der Waals surface area contributed by atoms with Gasteiger partial charge in [0, 0.05) is 58.2 Å². The van der Waals surface area contributed by atoms with Crippen LogP contribution in [-0.2, 0) is 23.0 Å². The van der Waals surface area contributed by atoms with Gasteiger partial charge in [0.2, 0.25) is 16.0 Å². The molecule has 0 spiro atoms. The van der Waals surface area contributed by atoms with Crippen LogP contribution in [0.4, 0.5) is 5.95 Å². The minimum atomic E-state index is -3.10. The fourth-order valence-electron chi connectivity index (χ4n) is 5.59. The number of benzene rings is 1. The normalized spacial score (nSPS) is 25.7. The Balaban J connectivity index is 1.12. The SMILES string of the molecule is CCc1cnc(N2CC3CC(Oc4ccc(CN5CCN(S(C)(=O)=O)CC5)cc4Br)CC3C2)nc1. The van der Waals surface area contributed by atoms with Crippen molar-refractivity contribution in [2.24, 2.45) is 11.8 Å². The molecule has 2 aromatic rings. The average molecular weight is 565 g/mol. The molecule has 0 radical (unpaired) electrons. The molecule has 0 N–H and O–H groups in total. The van der Waals surface area contributed by atoms with E-state index in [4.69, 9.17) is 4.74 Å². The number of hydrogen-bond acceptors (Lipinski definition) is 7. The number of ether oxygens (including phenoxy) is 1. The van der Waals surface area contributed by atoms with E-state index < -0.39 is 10.0 Å². The molecule has 2 atom stereocenters. The molecule has 3 heterocycles. The predicted molar refractivity (Wildman–Crippen MR) is 140 cm³/mol. The maximum Gasteiger partial charge on any atom is 0.225 e. The molecule has 190 valence electrons. The molecule has 3 fully saturated rings. The Morgan fingerprint density at radius 2 is 1.69 bits per heavy atom. The van der Waals surface area contributed by atoms with Crippen LogP contribution in [0.25, 0.3) is 0 Å². The quantitative estimate of drug-likeness (QED) is 0.511. The lowest BCUT2D eigenvalue weighted by atomic mass is 10.0. The molecular weight excluding hydrogens is 530 g/mol. The van der Waals surface area contributed by atoms with Crippen LogP contribution < -0.4 is 9.64 Å². The molecule has 1 aliphatic carbocycles. The monoisotopic (exact) mass is 563 g/mol. The van der Waals surface area contributed by atoms with E-state index in [1.807, 2.05) is 12.4 Å². The van der Waals surface area contributed by atoms with Crippen molar-refractivity contribution in [2.75, 3.05) is 50.4 Å². The fourth-order valence-corrected chi connectivity index (χ4v) is 6.94. The van der Waals surface area contributed by atoms with Crippen LogP contribution in [0.3, 0.4) is 0 Å². The Morgan fingerprint density at radius 3 is 2.26 bits per heavy atom. The molecular formula is C25H34BrN5O3S. The third-order valence-electron chi connectivity index (χ3n) is 7.59. The van der Waals surface area contributed by atoms with Crippen molar-refractivity contribution in [1.82, 2.24) is 19.2 Å². The van der Waals surface area contributed by atoms with Crippen LogP contribution in [0, 0.1) is 11.8 Å². The van der Waals surface area contributed by atoms with Crippen molar-refractivity contribution < 1.29 is 13.2 Å². The van der Waals surface area contributed by atoms with Gasteiger partial charge in [-0.25, -0.2) is 18.4 Å². The van der Waals surface area contributed by atoms with Crippen LogP contribution in [0.2, 0.25) is 0 Å². The topological polar surface area (TPSA) is 78.9 Å². The van der Waals surface area contributed by atoms with E-state index in [-0.39, 0.29) is 6.10 Å². The van der Waals surface area contributed by atoms with Gasteiger partial charge >= 0.3 is 0 Å². The molecule has 10 heteroatoms. The van der Waals surface area contributed by atoms with Gasteiger partial charge in [-0.1, -0.05) is 13.0 Å². The van der Waals surface area contributed by atoms with Gasteiger partial charge in [-0.3, -0.25) is 4.90 Å². The van der Waals surface area contributed by atoms with Crippen molar-refractivity contribution in [3.8, 4) is 5.75 Å². The summed E-state index contributed by atoms with van der Waals surface area (Å²) in [5, 5.41) is 0. The summed E-state index contributed by atoms with van der Waals surface area (Å²) >= 11 is 3.71. The number of piperazine rings is 1. The second-order valence-corrected chi connectivity index (χ2v) is 12.9. The Kier molecular flexibility index (Phi) is 7.35. The number of anilines is 1. The molecule has 2 aliphatic heterocycles. The maximum atomic E-state index is 11.7. The van der Waals surface area contributed by atoms with E-state index in [2.05, 4.69) is 60.8 Å². The first-order valence-electron chi connectivity index (χ1n) is 12.5. The lowest BCUT2D eigenvalue weighted by Crippen LogP contribution is -2.47. The summed E-state index contributed by atoms with van der Waals surface area (Å²) in [6.07, 6.45) is 8.49. The van der Waals surface area contributed by atoms with Crippen LogP contribution >= 0.6 is 15.9 Å². The lowest BCUT2D eigenvalue weighted by molar-refractivity contribution is 0.181. The minimum absolute atomic E-state index is 0.238. The van der Waals surface area contributed by atoms with E-state index in [9.17, 15) is 8.42 Å². The van der Waals surface area contributed by atoms with Crippen molar-refractivity contribution in [3.63, 3.8) is 0 Å². The predicted octanol–water partition coefficient (Wildman–Crippen LogP) is 3.17. The zero-order valence-corrected chi connectivity index (χ0v) is 22.8. The van der Waals surface area contributed by atoms with Gasteiger partial charge in [0.1, 0.15) is 5.75 Å². The van der Waals surface area contributed by atoms with Gasteiger partial charge in [-0.15, -0.1) is 0 Å². The number of hydrogen-bond donors (Lipinski definition) is 0. The lowest BCUT2D eigenvalue weighted by Gasteiger charge is -2.33. The van der Waals surface area contributed by atoms with Crippen molar-refractivity contribution in [1.29, 1.82) is 0 Å². The molecule has 0 bridgehead atoms. The van der Waals surface area contributed by atoms with E-state index >= 15 is 0 Å². The Hall–Kier alpha value is -1.75. The van der Waals surface area contributed by atoms with Crippen molar-refractivity contribution >= 4 is 31.9 Å². The molecule has 1 aromatic carbocycles. The van der Waals surface area contributed by atoms with Gasteiger partial charge in [0.25, 0.3) is 0 Å². The number of aryl methyl sites for hydroxylation is 1. The molecule has 0 amide bonds. The number of nitrogens with zero attached hydrogens (tertiary/aromatic N) is 5. The zero-order valence-electron chi connectivity index (χ0n) is 20.4. The van der Waals surface area contributed by atoms with Crippen molar-refractivity contribution in [3.05, 3.63) is 46.2 Å². The summed E-state index contributed by atoms with van der Waals surface area (Å²) < 4.78 is 32.4. The Bertz CT molecular complexity index is 1120. The summed E-state index contributed by atoms with van der Waals surface area (Å²) in [5.74, 6) is 3.00. The summed E-state index contributed by atoms with van der Waals surface area (Å²) in [5.41, 5.74) is 2.37. The Morgan fingerprint density at radius 1 is 1.03 bits per heavy atom. The highest BCUT2D eigenvalue weighted by atomic mass is 79.9. The maximum absolute atomic E-state index is 11.7. The average Bonchev–Trinajstić information content (AvgIpc) is 3.39. The standard InChI is InChI=1S/C25H34BrN5O3S/c1-3-18-13-27-25(28-14-18)30-16-20-11-22(12-21(20)17-30)34-24-5-4-19(10-23(24)26)15-29-6-8-31(9-7-29)35(2,32)33/h4-5,10,13-14,20-22H,3,6-9,11-12,15-17H2,1-2H3. The first-order chi connectivity index (χ1) is 16.8. The van der Waals surface area contributed by atoms with E-state index in [0.29, 0.717) is 24.9 Å². The van der Waals surface area contributed by atoms with Gasteiger partial charge < -0.3 is 9.64 Å². The molecule has 1 aromatic heterocycles. The number of sulfonamides is 1. The van der Waals surface area contributed by atoms with Gasteiger partial charge in [0.15, 0.2) is 0 Å². The minimum Gasteiger partial charge on any atom is -0.489 e. The van der Waals surface area contributed by atoms with E-state index in [0.717, 1.165) is 68.2 Å². The second-order valence-electron chi connectivity index (χ2n) is 10.1. The van der Waals surface area contributed by atoms with Crippen LogP contribution in [0.5, 0.6) is 5.75 Å². The van der Waals surface area contributed by atoms with E-state index in [1.165, 1.54) is 17.4 Å². The summed E-state index contributed by atoms with van der Waals surface area (Å²) in [6.45, 7) is 7.54. The molecule has 2 unspecified atom stereocenters. The molecule has 5 rings (SSSR count). The van der Waals surface area contributed by atoms with E-state index in [1.54, 1.807) is 4.31 Å². The highest BCUT2D eigenvalue weighted by molar-refractivity contribution is 9.10. The molecule has 3 aliphatic rings. The third kappa shape index (κ3) is 5.81. The smallest absolute Gasteiger partial charge is 0.225 e. The molecule has 35 heavy (non-hydrogen) atoms. The van der Waals surface area contributed by atoms with Crippen molar-refractivity contribution in [2.45, 2.75) is 38.8 Å². The largest absolute Gasteiger partial charge is 0.489 e.